The van der Waals surface area contributed by atoms with Crippen molar-refractivity contribution in [1.29, 1.82) is 0 Å². The van der Waals surface area contributed by atoms with Crippen LogP contribution in [-0.2, 0) is 55.5 Å². The van der Waals surface area contributed by atoms with E-state index in [9.17, 15) is 29.1 Å². The fourth-order valence-electron chi connectivity index (χ4n) is 7.06. The van der Waals surface area contributed by atoms with E-state index < -0.39 is 58.5 Å². The molecule has 13 nitrogen and oxygen atoms in total. The topological polar surface area (TPSA) is 178 Å². The maximum Gasteiger partial charge on any atom is 0.408 e. The first kappa shape index (κ1) is 35.0. The number of ether oxygens (including phenoxy) is 2. The maximum absolute atomic E-state index is 15.9. The van der Waals surface area contributed by atoms with Crippen molar-refractivity contribution in [2.45, 2.75) is 111 Å². The first-order valence-corrected chi connectivity index (χ1v) is 16.9. The predicted octanol–water partition coefficient (Wildman–Crippen LogP) is 3.70. The molecule has 3 atom stereocenters. The molecular formula is C36H42FN5O8. The monoisotopic (exact) mass is 691 g/mol. The van der Waals surface area contributed by atoms with Gasteiger partial charge in [-0.3, -0.25) is 14.4 Å². The second kappa shape index (κ2) is 12.5. The first-order valence-electron chi connectivity index (χ1n) is 16.9. The molecule has 266 valence electrons. The normalized spacial score (nSPS) is 18.8. The zero-order chi connectivity index (χ0) is 36.4. The third-order valence-electron chi connectivity index (χ3n) is 9.62. The van der Waals surface area contributed by atoms with Gasteiger partial charge in [0.2, 0.25) is 11.8 Å². The number of benzene rings is 1. The Hall–Kier alpha value is -4.85. The number of rotatable bonds is 7. The average molecular weight is 692 g/mol. The van der Waals surface area contributed by atoms with E-state index in [1.165, 1.54) is 13.0 Å². The lowest BCUT2D eigenvalue weighted by Crippen LogP contribution is -2.54. The number of halogens is 1. The molecule has 14 heteroatoms. The van der Waals surface area contributed by atoms with Gasteiger partial charge in [-0.1, -0.05) is 20.8 Å². The van der Waals surface area contributed by atoms with Gasteiger partial charge in [0.15, 0.2) is 5.60 Å². The van der Waals surface area contributed by atoms with E-state index in [2.05, 4.69) is 16.0 Å². The molecule has 50 heavy (non-hydrogen) atoms. The van der Waals surface area contributed by atoms with Gasteiger partial charge in [-0.2, -0.15) is 0 Å². The zero-order valence-corrected chi connectivity index (χ0v) is 29.2. The van der Waals surface area contributed by atoms with Crippen LogP contribution >= 0.6 is 0 Å². The summed E-state index contributed by atoms with van der Waals surface area (Å²) < 4.78 is 27.9. The minimum Gasteiger partial charge on any atom is -0.458 e. The molecule has 6 rings (SSSR count). The Labute approximate surface area is 287 Å². The fraction of sp³-hybridized carbons (Fsp3) is 0.500. The number of alkyl carbamates (subject to hydrolysis) is 1. The van der Waals surface area contributed by atoms with Crippen molar-refractivity contribution in [1.82, 2.24) is 20.2 Å². The number of pyridine rings is 2. The van der Waals surface area contributed by atoms with Crippen molar-refractivity contribution < 1.29 is 38.1 Å². The number of fused-ring (bicyclic) bond motifs is 5. The van der Waals surface area contributed by atoms with Crippen LogP contribution in [0.1, 0.15) is 89.1 Å². The molecule has 4 N–H and O–H groups in total. The third kappa shape index (κ3) is 5.88. The summed E-state index contributed by atoms with van der Waals surface area (Å²) >= 11 is 0. The Morgan fingerprint density at radius 1 is 1.06 bits per heavy atom. The zero-order valence-electron chi connectivity index (χ0n) is 29.2. The highest BCUT2D eigenvalue weighted by Crippen LogP contribution is 2.44. The standard InChI is InChI=1S/C36H42FN5O8/c1-8-36(48)22-12-25-29-20(14-42(25)32(45)21(22)15-49-33(36)46)18-10-9-11-19-26(18)24(39-29)13-23(37)28(19)40-30(43)17(4)38-31(44)27(16(2)3)41-34(47)50-35(5,6)7/h12-13,16-17,27,48H,8-11,14-15H2,1-7H3,(H,38,44)(H,40,43)(H,41,47)/t17-,27-,36-/m0/s1. The number of aromatic nitrogens is 2. The van der Waals surface area contributed by atoms with Crippen molar-refractivity contribution in [3.8, 4) is 11.4 Å². The minimum absolute atomic E-state index is 0.00889. The number of anilines is 1. The number of aliphatic hydroxyl groups is 1. The summed E-state index contributed by atoms with van der Waals surface area (Å²) in [6, 6.07) is 0.790. The number of nitrogens with one attached hydrogen (secondary N) is 3. The van der Waals surface area contributed by atoms with Gasteiger partial charge in [0, 0.05) is 22.6 Å². The highest BCUT2D eigenvalue weighted by atomic mass is 19.1. The van der Waals surface area contributed by atoms with Gasteiger partial charge < -0.3 is 35.1 Å². The quantitative estimate of drug-likeness (QED) is 0.211. The van der Waals surface area contributed by atoms with Gasteiger partial charge >= 0.3 is 12.1 Å². The molecule has 0 radical (unpaired) electrons. The summed E-state index contributed by atoms with van der Waals surface area (Å²) in [7, 11) is 0. The van der Waals surface area contributed by atoms with Gasteiger partial charge in [0.05, 0.1) is 34.7 Å². The smallest absolute Gasteiger partial charge is 0.408 e. The molecular weight excluding hydrogens is 649 g/mol. The number of carbonyl (C=O) groups excluding carboxylic acids is 4. The molecule has 2 aliphatic heterocycles. The van der Waals surface area contributed by atoms with Crippen LogP contribution in [0.15, 0.2) is 16.9 Å². The molecule has 0 bridgehead atoms. The summed E-state index contributed by atoms with van der Waals surface area (Å²) in [5.74, 6) is -3.10. The number of amides is 3. The van der Waals surface area contributed by atoms with Crippen LogP contribution in [0.4, 0.5) is 14.9 Å². The second-order valence-corrected chi connectivity index (χ2v) is 14.6. The SMILES string of the molecule is CC[C@@]1(O)C(=O)OCc2c1cc1n(c2=O)Cc2c-1nc1cc(F)c(NC(=O)[C@H](C)NC(=O)[C@@H](NC(=O)OC(C)(C)C)C(C)C)c3c1c2CCC3. The molecule has 1 aromatic carbocycles. The Balaban J connectivity index is 1.31. The molecule has 0 saturated heterocycles. The van der Waals surface area contributed by atoms with Gasteiger partial charge in [-0.05, 0) is 76.5 Å². The van der Waals surface area contributed by atoms with Crippen molar-refractivity contribution in [2.75, 3.05) is 5.32 Å². The van der Waals surface area contributed by atoms with Crippen LogP contribution in [0.2, 0.25) is 0 Å². The third-order valence-corrected chi connectivity index (χ3v) is 9.62. The van der Waals surface area contributed by atoms with Crippen LogP contribution in [0.5, 0.6) is 0 Å². The lowest BCUT2D eigenvalue weighted by Gasteiger charge is -2.31. The van der Waals surface area contributed by atoms with Crippen LogP contribution < -0.4 is 21.5 Å². The van der Waals surface area contributed by atoms with Gasteiger partial charge in [-0.15, -0.1) is 0 Å². The molecule has 0 unspecified atom stereocenters. The van der Waals surface area contributed by atoms with E-state index >= 15 is 4.39 Å². The maximum atomic E-state index is 15.9. The lowest BCUT2D eigenvalue weighted by atomic mass is 9.85. The number of aryl methyl sites for hydroxylation is 2. The van der Waals surface area contributed by atoms with E-state index in [0.29, 0.717) is 47.1 Å². The molecule has 4 heterocycles. The summed E-state index contributed by atoms with van der Waals surface area (Å²) in [4.78, 5) is 70.0. The summed E-state index contributed by atoms with van der Waals surface area (Å²) in [5.41, 5.74) is 0.760. The highest BCUT2D eigenvalue weighted by Gasteiger charge is 2.45. The molecule has 3 amide bonds. The molecule has 2 aromatic heterocycles. The van der Waals surface area contributed by atoms with Crippen molar-refractivity contribution in [3.05, 3.63) is 56.1 Å². The summed E-state index contributed by atoms with van der Waals surface area (Å²) in [5, 5.41) is 19.7. The van der Waals surface area contributed by atoms with Gasteiger partial charge in [-0.25, -0.2) is 19.0 Å². The second-order valence-electron chi connectivity index (χ2n) is 14.6. The van der Waals surface area contributed by atoms with Crippen molar-refractivity contribution >= 4 is 40.5 Å². The number of esters is 1. The van der Waals surface area contributed by atoms with Crippen molar-refractivity contribution in [3.63, 3.8) is 0 Å². The van der Waals surface area contributed by atoms with E-state index in [1.54, 1.807) is 52.2 Å². The van der Waals surface area contributed by atoms with Crippen molar-refractivity contribution in [2.24, 2.45) is 5.92 Å². The van der Waals surface area contributed by atoms with E-state index in [0.717, 1.165) is 11.1 Å². The number of carbonyl (C=O) groups is 4. The molecule has 0 fully saturated rings. The number of nitrogens with zero attached hydrogens (tertiary/aromatic N) is 2. The van der Waals surface area contributed by atoms with Crippen LogP contribution in [0.3, 0.4) is 0 Å². The van der Waals surface area contributed by atoms with Crippen LogP contribution in [0, 0.1) is 11.7 Å². The largest absolute Gasteiger partial charge is 0.458 e. The lowest BCUT2D eigenvalue weighted by molar-refractivity contribution is -0.172. The summed E-state index contributed by atoms with van der Waals surface area (Å²) in [6.07, 6.45) is 0.971. The number of hydrogen-bond donors (Lipinski definition) is 4. The summed E-state index contributed by atoms with van der Waals surface area (Å²) in [6.45, 7) is 11.6. The average Bonchev–Trinajstić information content (AvgIpc) is 3.41. The highest BCUT2D eigenvalue weighted by molar-refractivity contribution is 6.02. The Morgan fingerprint density at radius 2 is 1.76 bits per heavy atom. The van der Waals surface area contributed by atoms with Crippen LogP contribution in [0.25, 0.3) is 22.3 Å². The van der Waals surface area contributed by atoms with E-state index in [-0.39, 0.29) is 42.3 Å². The van der Waals surface area contributed by atoms with E-state index in [4.69, 9.17) is 14.5 Å². The molecule has 0 spiro atoms. The Kier molecular flexibility index (Phi) is 8.74. The molecule has 3 aromatic rings. The van der Waals surface area contributed by atoms with E-state index in [1.807, 2.05) is 0 Å². The molecule has 1 aliphatic carbocycles. The number of hydrogen-bond acceptors (Lipinski definition) is 9. The van der Waals surface area contributed by atoms with Gasteiger partial charge in [0.25, 0.3) is 5.56 Å². The molecule has 0 saturated carbocycles. The van der Waals surface area contributed by atoms with Gasteiger partial charge in [0.1, 0.15) is 30.1 Å². The molecule has 3 aliphatic rings. The van der Waals surface area contributed by atoms with Crippen LogP contribution in [-0.4, -0.2) is 56.2 Å². The minimum atomic E-state index is -1.97. The number of cyclic esters (lactones) is 1. The Bertz CT molecular complexity index is 2030. The first-order chi connectivity index (χ1) is 23.4. The fourth-order valence-corrected chi connectivity index (χ4v) is 7.06. The predicted molar refractivity (Wildman–Crippen MR) is 181 cm³/mol. The Morgan fingerprint density at radius 3 is 2.42 bits per heavy atom.